The average Bonchev–Trinajstić information content (AvgIpc) is 2.75. The Morgan fingerprint density at radius 1 is 1.44 bits per heavy atom. The van der Waals surface area contributed by atoms with Gasteiger partial charge in [0.05, 0.1) is 0 Å². The van der Waals surface area contributed by atoms with Crippen molar-refractivity contribution in [2.75, 3.05) is 20.1 Å². The summed E-state index contributed by atoms with van der Waals surface area (Å²) in [6.45, 7) is 7.67. The summed E-state index contributed by atoms with van der Waals surface area (Å²) >= 11 is 1.71. The molecule has 1 N–H and O–H groups in total. The molecule has 3 nitrogen and oxygen atoms in total. The average molecular weight is 241 g/mol. The lowest BCUT2D eigenvalue weighted by atomic mass is 10.2. The predicted octanol–water partition coefficient (Wildman–Crippen LogP) is 2.35. The highest BCUT2D eigenvalue weighted by Crippen LogP contribution is 2.02. The molecule has 0 aliphatic carbocycles. The van der Waals surface area contributed by atoms with Crippen molar-refractivity contribution in [3.8, 4) is 0 Å². The van der Waals surface area contributed by atoms with Gasteiger partial charge in [-0.2, -0.15) is 0 Å². The van der Waals surface area contributed by atoms with Crippen molar-refractivity contribution in [3.63, 3.8) is 0 Å². The predicted molar refractivity (Wildman–Crippen MR) is 70.8 cm³/mol. The second-order valence-electron chi connectivity index (χ2n) is 4.38. The smallest absolute Gasteiger partial charge is 0.106 e. The molecule has 0 aliphatic rings. The van der Waals surface area contributed by atoms with Crippen molar-refractivity contribution < 1.29 is 0 Å². The second-order valence-corrected chi connectivity index (χ2v) is 5.36. The van der Waals surface area contributed by atoms with Gasteiger partial charge in [0.25, 0.3) is 0 Å². The van der Waals surface area contributed by atoms with Crippen LogP contribution >= 0.6 is 11.3 Å². The van der Waals surface area contributed by atoms with E-state index in [1.165, 1.54) is 24.4 Å². The van der Waals surface area contributed by atoms with Crippen LogP contribution < -0.4 is 5.32 Å². The first-order valence-electron chi connectivity index (χ1n) is 5.99. The molecule has 0 saturated heterocycles. The number of aromatic nitrogens is 1. The van der Waals surface area contributed by atoms with Gasteiger partial charge in [0.2, 0.25) is 0 Å². The number of nitrogens with zero attached hydrogens (tertiary/aromatic N) is 2. The summed E-state index contributed by atoms with van der Waals surface area (Å²) in [5.41, 5.74) is 0. The highest BCUT2D eigenvalue weighted by Gasteiger charge is 2.01. The first-order chi connectivity index (χ1) is 7.70. The highest BCUT2D eigenvalue weighted by atomic mass is 32.1. The van der Waals surface area contributed by atoms with Crippen LogP contribution in [0.5, 0.6) is 0 Å². The normalized spacial score (nSPS) is 11.6. The number of hydrogen-bond acceptors (Lipinski definition) is 4. The van der Waals surface area contributed by atoms with E-state index in [2.05, 4.69) is 36.1 Å². The molecule has 1 aromatic heterocycles. The summed E-state index contributed by atoms with van der Waals surface area (Å²) in [6.07, 6.45) is 4.36. The third-order valence-electron chi connectivity index (χ3n) is 2.76. The van der Waals surface area contributed by atoms with Gasteiger partial charge in [0, 0.05) is 24.2 Å². The maximum Gasteiger partial charge on any atom is 0.106 e. The molecule has 16 heavy (non-hydrogen) atoms. The van der Waals surface area contributed by atoms with Crippen molar-refractivity contribution in [1.29, 1.82) is 0 Å². The number of rotatable bonds is 8. The van der Waals surface area contributed by atoms with E-state index in [9.17, 15) is 0 Å². The fourth-order valence-electron chi connectivity index (χ4n) is 1.40. The molecule has 92 valence electrons. The van der Waals surface area contributed by atoms with Crippen LogP contribution in [0.1, 0.15) is 31.7 Å². The number of hydrogen-bond donors (Lipinski definition) is 1. The molecule has 0 amide bonds. The zero-order valence-corrected chi connectivity index (χ0v) is 11.4. The number of nitrogens with one attached hydrogen (secondary N) is 1. The minimum atomic E-state index is 0.656. The van der Waals surface area contributed by atoms with E-state index in [0.717, 1.165) is 13.1 Å². The van der Waals surface area contributed by atoms with E-state index in [0.29, 0.717) is 6.04 Å². The minimum absolute atomic E-state index is 0.656. The maximum absolute atomic E-state index is 4.23. The zero-order valence-electron chi connectivity index (χ0n) is 10.6. The molecule has 1 heterocycles. The summed E-state index contributed by atoms with van der Waals surface area (Å²) in [5.74, 6) is 0. The van der Waals surface area contributed by atoms with Gasteiger partial charge in [-0.25, -0.2) is 4.98 Å². The highest BCUT2D eigenvalue weighted by molar-refractivity contribution is 7.09. The summed E-state index contributed by atoms with van der Waals surface area (Å²) < 4.78 is 0. The molecule has 0 bridgehead atoms. The fourth-order valence-corrected chi connectivity index (χ4v) is 1.99. The van der Waals surface area contributed by atoms with E-state index in [-0.39, 0.29) is 0 Å². The molecular formula is C12H23N3S. The Balaban J connectivity index is 1.92. The Bertz CT molecular complexity index is 259. The summed E-state index contributed by atoms with van der Waals surface area (Å²) in [4.78, 5) is 6.62. The van der Waals surface area contributed by atoms with Crippen LogP contribution in [0.15, 0.2) is 11.6 Å². The van der Waals surface area contributed by atoms with Crippen LogP contribution in [0.4, 0.5) is 0 Å². The minimum Gasteiger partial charge on any atom is -0.310 e. The summed E-state index contributed by atoms with van der Waals surface area (Å²) in [7, 11) is 2.19. The van der Waals surface area contributed by atoms with Crippen LogP contribution in [0.25, 0.3) is 0 Å². The quantitative estimate of drug-likeness (QED) is 0.708. The van der Waals surface area contributed by atoms with Gasteiger partial charge < -0.3 is 10.2 Å². The van der Waals surface area contributed by atoms with Crippen molar-refractivity contribution >= 4 is 11.3 Å². The molecule has 1 aromatic rings. The molecule has 0 unspecified atom stereocenters. The van der Waals surface area contributed by atoms with E-state index < -0.39 is 0 Å². The monoisotopic (exact) mass is 241 g/mol. The van der Waals surface area contributed by atoms with Gasteiger partial charge >= 0.3 is 0 Å². The van der Waals surface area contributed by atoms with Crippen LogP contribution in [0.2, 0.25) is 0 Å². The van der Waals surface area contributed by atoms with Crippen LogP contribution in [0, 0.1) is 0 Å². The Morgan fingerprint density at radius 2 is 2.25 bits per heavy atom. The molecular weight excluding hydrogens is 218 g/mol. The molecule has 0 aromatic carbocycles. The van der Waals surface area contributed by atoms with Crippen LogP contribution in [-0.2, 0) is 6.54 Å². The third-order valence-corrected chi connectivity index (χ3v) is 3.54. The molecule has 1 rings (SSSR count). The standard InChI is InChI=1S/C12H23N3S/c1-11(2)15(3)8-5-4-6-13-10-12-14-7-9-16-12/h7,9,11,13H,4-6,8,10H2,1-3H3. The molecule has 0 fully saturated rings. The lowest BCUT2D eigenvalue weighted by Gasteiger charge is -2.20. The van der Waals surface area contributed by atoms with E-state index in [1.54, 1.807) is 11.3 Å². The topological polar surface area (TPSA) is 28.2 Å². The lowest BCUT2D eigenvalue weighted by Crippen LogP contribution is -2.27. The van der Waals surface area contributed by atoms with Gasteiger partial charge in [0.15, 0.2) is 0 Å². The number of thiazole rings is 1. The fraction of sp³-hybridized carbons (Fsp3) is 0.750. The Kier molecular flexibility index (Phi) is 6.61. The van der Waals surface area contributed by atoms with Crippen LogP contribution in [-0.4, -0.2) is 36.1 Å². The van der Waals surface area contributed by atoms with Crippen molar-refractivity contribution in [2.45, 2.75) is 39.3 Å². The maximum atomic E-state index is 4.23. The Hall–Kier alpha value is -0.450. The summed E-state index contributed by atoms with van der Waals surface area (Å²) in [5, 5.41) is 6.62. The third kappa shape index (κ3) is 5.58. The molecule has 0 spiro atoms. The molecule has 0 saturated carbocycles. The van der Waals surface area contributed by atoms with E-state index in [1.807, 2.05) is 11.6 Å². The Morgan fingerprint density at radius 3 is 2.88 bits per heavy atom. The van der Waals surface area contributed by atoms with Gasteiger partial charge in [0.1, 0.15) is 5.01 Å². The molecule has 0 radical (unpaired) electrons. The largest absolute Gasteiger partial charge is 0.310 e. The summed E-state index contributed by atoms with van der Waals surface area (Å²) in [6, 6.07) is 0.656. The van der Waals surface area contributed by atoms with E-state index >= 15 is 0 Å². The van der Waals surface area contributed by atoms with Gasteiger partial charge in [-0.05, 0) is 46.8 Å². The van der Waals surface area contributed by atoms with Gasteiger partial charge in [-0.3, -0.25) is 0 Å². The van der Waals surface area contributed by atoms with Crippen LogP contribution in [0.3, 0.4) is 0 Å². The first kappa shape index (κ1) is 13.6. The van der Waals surface area contributed by atoms with E-state index in [4.69, 9.17) is 0 Å². The molecule has 4 heteroatoms. The first-order valence-corrected chi connectivity index (χ1v) is 6.87. The van der Waals surface area contributed by atoms with Gasteiger partial charge in [-0.15, -0.1) is 11.3 Å². The Labute approximate surface area is 103 Å². The second kappa shape index (κ2) is 7.76. The van der Waals surface area contributed by atoms with Crippen molar-refractivity contribution in [2.24, 2.45) is 0 Å². The zero-order chi connectivity index (χ0) is 11.8. The molecule has 0 atom stereocenters. The van der Waals surface area contributed by atoms with Crippen molar-refractivity contribution in [3.05, 3.63) is 16.6 Å². The SMILES string of the molecule is CC(C)N(C)CCCCNCc1nccs1. The number of unbranched alkanes of at least 4 members (excludes halogenated alkanes) is 1. The van der Waals surface area contributed by atoms with Crippen molar-refractivity contribution in [1.82, 2.24) is 15.2 Å². The van der Waals surface area contributed by atoms with Gasteiger partial charge in [-0.1, -0.05) is 0 Å². The lowest BCUT2D eigenvalue weighted by molar-refractivity contribution is 0.268. The molecule has 0 aliphatic heterocycles.